The van der Waals surface area contributed by atoms with Gasteiger partial charge in [-0.25, -0.2) is 9.97 Å². The highest BCUT2D eigenvalue weighted by Gasteiger charge is 2.06. The summed E-state index contributed by atoms with van der Waals surface area (Å²) in [6.45, 7) is 2.04. The number of nitrogen functional groups attached to an aromatic ring is 1. The number of nitrogens with two attached hydrogens (primary N) is 1. The Hall–Kier alpha value is -2.07. The second-order valence-corrected chi connectivity index (χ2v) is 5.44. The van der Waals surface area contributed by atoms with Crippen LogP contribution >= 0.6 is 11.8 Å². The van der Waals surface area contributed by atoms with Crippen molar-refractivity contribution in [1.82, 2.24) is 9.97 Å². The van der Waals surface area contributed by atoms with Crippen molar-refractivity contribution in [3.05, 3.63) is 54.4 Å². The fraction of sp³-hybridized carbons (Fsp3) is 0.0667. The van der Waals surface area contributed by atoms with Crippen LogP contribution in [0.15, 0.2) is 58.7 Å². The number of fused-ring (bicyclic) bond motifs is 1. The summed E-state index contributed by atoms with van der Waals surface area (Å²) >= 11 is 1.61. The molecule has 3 nitrogen and oxygen atoms in total. The largest absolute Gasteiger partial charge is 0.399 e. The van der Waals surface area contributed by atoms with Crippen LogP contribution in [-0.2, 0) is 0 Å². The van der Waals surface area contributed by atoms with Crippen molar-refractivity contribution in [1.29, 1.82) is 0 Å². The summed E-state index contributed by atoms with van der Waals surface area (Å²) in [4.78, 5) is 9.74. The minimum atomic E-state index is 0.779. The average Bonchev–Trinajstić information content (AvgIpc) is 2.38. The molecule has 0 spiro atoms. The van der Waals surface area contributed by atoms with E-state index in [0.717, 1.165) is 32.1 Å². The predicted molar refractivity (Wildman–Crippen MR) is 79.3 cm³/mol. The van der Waals surface area contributed by atoms with E-state index in [4.69, 9.17) is 5.73 Å². The minimum absolute atomic E-state index is 0.779. The van der Waals surface area contributed by atoms with Gasteiger partial charge in [-0.3, -0.25) is 0 Å². The summed E-state index contributed by atoms with van der Waals surface area (Å²) in [5.74, 6) is 0. The number of nitrogens with zero attached hydrogens (tertiary/aromatic N) is 2. The lowest BCUT2D eigenvalue weighted by atomic mass is 10.2. The summed E-state index contributed by atoms with van der Waals surface area (Å²) in [5, 5.41) is 2.02. The molecule has 0 atom stereocenters. The first-order valence-corrected chi connectivity index (χ1v) is 6.79. The van der Waals surface area contributed by atoms with E-state index in [9.17, 15) is 0 Å². The lowest BCUT2D eigenvalue weighted by Gasteiger charge is -2.06. The Kier molecular flexibility index (Phi) is 3.09. The average molecular weight is 267 g/mol. The van der Waals surface area contributed by atoms with E-state index < -0.39 is 0 Å². The van der Waals surface area contributed by atoms with Crippen LogP contribution in [0, 0.1) is 6.92 Å². The van der Waals surface area contributed by atoms with Crippen molar-refractivity contribution in [2.75, 3.05) is 5.73 Å². The fourth-order valence-corrected chi connectivity index (χ4v) is 3.05. The van der Waals surface area contributed by atoms with Crippen LogP contribution in [0.3, 0.4) is 0 Å². The maximum Gasteiger partial charge on any atom is 0.117 e. The molecule has 0 saturated carbocycles. The third-order valence-corrected chi connectivity index (χ3v) is 3.78. The molecule has 0 unspecified atom stereocenters. The standard InChI is InChI=1S/C15H13N3S/c1-10-6-11(16)8-12(7-10)19-15-13-4-2-3-5-14(13)17-9-18-15/h2-9H,16H2,1H3. The number of rotatable bonds is 2. The zero-order valence-corrected chi connectivity index (χ0v) is 11.3. The molecule has 0 bridgehead atoms. The van der Waals surface area contributed by atoms with E-state index in [0.29, 0.717) is 0 Å². The molecular formula is C15H13N3S. The lowest BCUT2D eigenvalue weighted by molar-refractivity contribution is 1.10. The molecule has 1 aromatic heterocycles. The highest BCUT2D eigenvalue weighted by atomic mass is 32.2. The number of aryl methyl sites for hydroxylation is 1. The molecule has 0 fully saturated rings. The summed E-state index contributed by atoms with van der Waals surface area (Å²) in [6.07, 6.45) is 1.60. The van der Waals surface area contributed by atoms with Crippen LogP contribution in [0.2, 0.25) is 0 Å². The maximum absolute atomic E-state index is 5.88. The van der Waals surface area contributed by atoms with Gasteiger partial charge in [0.1, 0.15) is 11.4 Å². The van der Waals surface area contributed by atoms with Crippen molar-refractivity contribution in [2.24, 2.45) is 0 Å². The smallest absolute Gasteiger partial charge is 0.117 e. The quantitative estimate of drug-likeness (QED) is 0.568. The number of hydrogen-bond donors (Lipinski definition) is 1. The Balaban J connectivity index is 2.05. The van der Waals surface area contributed by atoms with Crippen LogP contribution in [-0.4, -0.2) is 9.97 Å². The molecule has 2 aromatic carbocycles. The number of anilines is 1. The predicted octanol–water partition coefficient (Wildman–Crippen LogP) is 3.67. The molecule has 3 aromatic rings. The van der Waals surface area contributed by atoms with Crippen molar-refractivity contribution in [2.45, 2.75) is 16.8 Å². The molecule has 2 N–H and O–H groups in total. The molecule has 0 radical (unpaired) electrons. The lowest BCUT2D eigenvalue weighted by Crippen LogP contribution is -1.89. The molecular weight excluding hydrogens is 254 g/mol. The second kappa shape index (κ2) is 4.90. The Morgan fingerprint density at radius 1 is 1.05 bits per heavy atom. The highest BCUT2D eigenvalue weighted by molar-refractivity contribution is 7.99. The van der Waals surface area contributed by atoms with Gasteiger partial charge in [0, 0.05) is 16.0 Å². The Morgan fingerprint density at radius 2 is 1.89 bits per heavy atom. The third-order valence-electron chi connectivity index (χ3n) is 2.79. The maximum atomic E-state index is 5.88. The number of benzene rings is 2. The van der Waals surface area contributed by atoms with Crippen LogP contribution in [0.25, 0.3) is 10.9 Å². The molecule has 0 aliphatic carbocycles. The first-order valence-electron chi connectivity index (χ1n) is 5.97. The van der Waals surface area contributed by atoms with Gasteiger partial charge < -0.3 is 5.73 Å². The molecule has 0 aliphatic rings. The van der Waals surface area contributed by atoms with E-state index in [-0.39, 0.29) is 0 Å². The molecule has 3 rings (SSSR count). The van der Waals surface area contributed by atoms with Crippen LogP contribution in [0.5, 0.6) is 0 Å². The molecule has 4 heteroatoms. The van der Waals surface area contributed by atoms with Gasteiger partial charge in [0.25, 0.3) is 0 Å². The first-order chi connectivity index (χ1) is 9.22. The Bertz CT molecular complexity index is 715. The van der Waals surface area contributed by atoms with Gasteiger partial charge in [-0.05, 0) is 36.8 Å². The third kappa shape index (κ3) is 2.53. The van der Waals surface area contributed by atoms with Crippen LogP contribution < -0.4 is 5.73 Å². The first kappa shape index (κ1) is 12.0. The van der Waals surface area contributed by atoms with Gasteiger partial charge in [0.2, 0.25) is 0 Å². The van der Waals surface area contributed by atoms with E-state index >= 15 is 0 Å². The molecule has 0 aliphatic heterocycles. The molecule has 0 amide bonds. The van der Waals surface area contributed by atoms with Gasteiger partial charge >= 0.3 is 0 Å². The Morgan fingerprint density at radius 3 is 2.74 bits per heavy atom. The van der Waals surface area contributed by atoms with Crippen molar-refractivity contribution in [3.8, 4) is 0 Å². The van der Waals surface area contributed by atoms with E-state index in [1.165, 1.54) is 0 Å². The fourth-order valence-electron chi connectivity index (χ4n) is 2.01. The molecule has 1 heterocycles. The summed E-state index contributed by atoms with van der Waals surface area (Å²) in [7, 11) is 0. The number of hydrogen-bond acceptors (Lipinski definition) is 4. The zero-order chi connectivity index (χ0) is 13.2. The summed E-state index contributed by atoms with van der Waals surface area (Å²) in [6, 6.07) is 14.0. The van der Waals surface area contributed by atoms with Gasteiger partial charge in [0.15, 0.2) is 0 Å². The van der Waals surface area contributed by atoms with Gasteiger partial charge in [-0.1, -0.05) is 30.0 Å². The van der Waals surface area contributed by atoms with E-state index in [1.54, 1.807) is 18.1 Å². The SMILES string of the molecule is Cc1cc(N)cc(Sc2ncnc3ccccc23)c1. The van der Waals surface area contributed by atoms with Crippen molar-refractivity contribution < 1.29 is 0 Å². The Labute approximate surface area is 115 Å². The minimum Gasteiger partial charge on any atom is -0.399 e. The van der Waals surface area contributed by atoms with Gasteiger partial charge in [-0.15, -0.1) is 0 Å². The van der Waals surface area contributed by atoms with Crippen LogP contribution in [0.4, 0.5) is 5.69 Å². The summed E-state index contributed by atoms with van der Waals surface area (Å²) in [5.41, 5.74) is 8.77. The van der Waals surface area contributed by atoms with Gasteiger partial charge in [0.05, 0.1) is 5.52 Å². The zero-order valence-electron chi connectivity index (χ0n) is 10.5. The van der Waals surface area contributed by atoms with Gasteiger partial charge in [-0.2, -0.15) is 0 Å². The summed E-state index contributed by atoms with van der Waals surface area (Å²) < 4.78 is 0. The normalized spacial score (nSPS) is 10.8. The van der Waals surface area contributed by atoms with Crippen molar-refractivity contribution >= 4 is 28.4 Å². The molecule has 0 saturated heterocycles. The number of para-hydroxylation sites is 1. The van der Waals surface area contributed by atoms with Crippen molar-refractivity contribution in [3.63, 3.8) is 0 Å². The molecule has 19 heavy (non-hydrogen) atoms. The molecule has 94 valence electrons. The number of aromatic nitrogens is 2. The van der Waals surface area contributed by atoms with E-state index in [2.05, 4.69) is 16.0 Å². The highest BCUT2D eigenvalue weighted by Crippen LogP contribution is 2.32. The van der Waals surface area contributed by atoms with E-state index in [1.807, 2.05) is 43.3 Å². The monoisotopic (exact) mass is 267 g/mol. The van der Waals surface area contributed by atoms with Crippen LogP contribution in [0.1, 0.15) is 5.56 Å². The topological polar surface area (TPSA) is 51.8 Å². The second-order valence-electron chi connectivity index (χ2n) is 4.38.